The number of primary sulfonamides is 1. The summed E-state index contributed by atoms with van der Waals surface area (Å²) in [6.07, 6.45) is -4.84. The third kappa shape index (κ3) is 5.81. The first-order chi connectivity index (χ1) is 21.6. The van der Waals surface area contributed by atoms with Gasteiger partial charge in [-0.15, -0.1) is 0 Å². The van der Waals surface area contributed by atoms with Crippen LogP contribution in [0, 0.1) is 5.92 Å². The van der Waals surface area contributed by atoms with Gasteiger partial charge in [0.15, 0.2) is 0 Å². The number of hydrogen-bond donors (Lipinski definition) is 2. The highest BCUT2D eigenvalue weighted by molar-refractivity contribution is 9.10. The molecule has 3 heterocycles. The molecule has 46 heavy (non-hydrogen) atoms. The molecule has 1 aromatic heterocycles. The SMILES string of the molecule is NS(=O)(=O)c1ccc(NC(=O)Cn2c3c(sc2=O)C(c2ccc(Br)cc2)C2C(=O)N(c4ccccc4C(F)(F)F)C(=O)C2S3)cc1. The molecular formula is C29H20BrF3N4O6S3. The maximum Gasteiger partial charge on any atom is 0.418 e. The maximum absolute atomic E-state index is 14.0. The van der Waals surface area contributed by atoms with Crippen molar-refractivity contribution in [3.8, 4) is 0 Å². The van der Waals surface area contributed by atoms with Crippen molar-refractivity contribution in [1.82, 2.24) is 4.57 Å². The molecular weight excluding hydrogens is 733 g/mol. The summed E-state index contributed by atoms with van der Waals surface area (Å²) in [4.78, 5) is 54.4. The molecule has 4 aromatic rings. The van der Waals surface area contributed by atoms with Crippen LogP contribution in [-0.4, -0.2) is 36.0 Å². The molecule has 3 atom stereocenters. The number of imide groups is 1. The number of alkyl halides is 3. The third-order valence-corrected chi connectivity index (χ3v) is 11.6. The number of benzene rings is 3. The maximum atomic E-state index is 14.0. The van der Waals surface area contributed by atoms with Gasteiger partial charge in [-0.1, -0.05) is 63.3 Å². The van der Waals surface area contributed by atoms with Gasteiger partial charge in [0.25, 0.3) is 0 Å². The Hall–Kier alpha value is -3.77. The van der Waals surface area contributed by atoms with Crippen LogP contribution in [0.4, 0.5) is 24.5 Å². The van der Waals surface area contributed by atoms with E-state index in [1.54, 1.807) is 24.3 Å². The number of anilines is 2. The summed E-state index contributed by atoms with van der Waals surface area (Å²) < 4.78 is 66.8. The number of sulfonamides is 1. The molecule has 1 fully saturated rings. The number of nitrogens with one attached hydrogen (secondary N) is 1. The number of nitrogens with two attached hydrogens (primary N) is 1. The average Bonchev–Trinajstić information content (AvgIpc) is 3.43. The van der Waals surface area contributed by atoms with Crippen LogP contribution in [0.15, 0.2) is 92.0 Å². The van der Waals surface area contributed by atoms with E-state index in [2.05, 4.69) is 21.2 Å². The van der Waals surface area contributed by atoms with Crippen LogP contribution in [0.5, 0.6) is 0 Å². The van der Waals surface area contributed by atoms with Crippen molar-refractivity contribution in [3.63, 3.8) is 0 Å². The number of carbonyl (C=O) groups excluding carboxylic acids is 3. The molecule has 0 bridgehead atoms. The normalized spacial score (nSPS) is 19.6. The second kappa shape index (κ2) is 11.8. The summed E-state index contributed by atoms with van der Waals surface area (Å²) in [5.74, 6) is -4.35. The topological polar surface area (TPSA) is 149 Å². The minimum Gasteiger partial charge on any atom is -0.325 e. The number of fused-ring (bicyclic) bond motifs is 2. The Labute approximate surface area is 275 Å². The van der Waals surface area contributed by atoms with Crippen molar-refractivity contribution < 1.29 is 36.0 Å². The summed E-state index contributed by atoms with van der Waals surface area (Å²) in [6.45, 7) is -0.498. The van der Waals surface area contributed by atoms with Gasteiger partial charge in [-0.05, 0) is 54.1 Å². The van der Waals surface area contributed by atoms with Crippen molar-refractivity contribution in [2.24, 2.45) is 11.1 Å². The number of thiazole rings is 1. The molecule has 0 spiro atoms. The molecule has 0 radical (unpaired) electrons. The van der Waals surface area contributed by atoms with Gasteiger partial charge in [0.1, 0.15) is 11.8 Å². The van der Waals surface area contributed by atoms with E-state index in [-0.39, 0.29) is 15.6 Å². The summed E-state index contributed by atoms with van der Waals surface area (Å²) in [5, 5.41) is 6.74. The van der Waals surface area contributed by atoms with Gasteiger partial charge in [-0.3, -0.25) is 23.7 Å². The zero-order valence-electron chi connectivity index (χ0n) is 23.0. The summed E-state index contributed by atoms with van der Waals surface area (Å²) in [6, 6.07) is 16.2. The zero-order valence-corrected chi connectivity index (χ0v) is 27.1. The Bertz CT molecular complexity index is 2070. The Kier molecular flexibility index (Phi) is 8.25. The first-order valence-electron chi connectivity index (χ1n) is 13.3. The molecule has 2 aliphatic heterocycles. The molecule has 2 aliphatic rings. The smallest absolute Gasteiger partial charge is 0.325 e. The van der Waals surface area contributed by atoms with Crippen molar-refractivity contribution in [3.05, 3.63) is 103 Å². The highest BCUT2D eigenvalue weighted by atomic mass is 79.9. The van der Waals surface area contributed by atoms with E-state index in [1.165, 1.54) is 36.4 Å². The Morgan fingerprint density at radius 3 is 2.24 bits per heavy atom. The van der Waals surface area contributed by atoms with Crippen molar-refractivity contribution in [2.45, 2.75) is 33.8 Å². The number of hydrogen-bond acceptors (Lipinski definition) is 8. The quantitative estimate of drug-likeness (QED) is 0.270. The van der Waals surface area contributed by atoms with Crippen molar-refractivity contribution in [2.75, 3.05) is 10.2 Å². The lowest BCUT2D eigenvalue weighted by Crippen LogP contribution is -2.33. The van der Waals surface area contributed by atoms with E-state index in [9.17, 15) is 40.8 Å². The molecule has 3 unspecified atom stereocenters. The van der Waals surface area contributed by atoms with Gasteiger partial charge in [0, 0.05) is 21.0 Å². The number of carbonyl (C=O) groups is 3. The Morgan fingerprint density at radius 2 is 1.61 bits per heavy atom. The standard InChI is InChI=1S/C29H20BrF3N4O6S3/c30-15-7-5-14(6-8-15)21-22-23(26(40)37(25(22)39)19-4-2-1-3-18(19)29(31,32)33)44-27-24(21)45-28(41)36(27)13-20(38)35-16-9-11-17(12-10-16)46(34,42)43/h1-12,21-23H,13H2,(H,35,38)(H2,34,42,43). The Balaban J connectivity index is 1.39. The fraction of sp³-hybridized carbons (Fsp3) is 0.172. The highest BCUT2D eigenvalue weighted by Crippen LogP contribution is 2.54. The van der Waals surface area contributed by atoms with Crippen LogP contribution in [0.25, 0.3) is 0 Å². The van der Waals surface area contributed by atoms with Crippen LogP contribution >= 0.6 is 39.0 Å². The van der Waals surface area contributed by atoms with Gasteiger partial charge < -0.3 is 5.32 Å². The summed E-state index contributed by atoms with van der Waals surface area (Å²) in [5.41, 5.74) is -0.936. The molecule has 0 aliphatic carbocycles. The fourth-order valence-electron chi connectivity index (χ4n) is 5.50. The molecule has 3 N–H and O–H groups in total. The summed E-state index contributed by atoms with van der Waals surface area (Å²) in [7, 11) is -3.96. The van der Waals surface area contributed by atoms with Crippen LogP contribution in [0.1, 0.15) is 21.9 Å². The monoisotopic (exact) mass is 752 g/mol. The summed E-state index contributed by atoms with van der Waals surface area (Å²) >= 11 is 5.01. The second-order valence-corrected chi connectivity index (χ2v) is 15.0. The predicted molar refractivity (Wildman–Crippen MR) is 168 cm³/mol. The number of nitrogens with zero attached hydrogens (tertiary/aromatic N) is 2. The van der Waals surface area contributed by atoms with Gasteiger partial charge in [0.05, 0.1) is 27.1 Å². The van der Waals surface area contributed by atoms with Crippen LogP contribution in [0.2, 0.25) is 0 Å². The third-order valence-electron chi connectivity index (χ3n) is 7.50. The van der Waals surface area contributed by atoms with E-state index in [1.807, 2.05) is 0 Å². The largest absolute Gasteiger partial charge is 0.418 e. The van der Waals surface area contributed by atoms with E-state index in [4.69, 9.17) is 5.14 Å². The molecule has 6 rings (SSSR count). The second-order valence-electron chi connectivity index (χ2n) is 10.4. The predicted octanol–water partition coefficient (Wildman–Crippen LogP) is 4.77. The van der Waals surface area contributed by atoms with Gasteiger partial charge >= 0.3 is 11.0 Å². The van der Waals surface area contributed by atoms with Gasteiger partial charge in [-0.2, -0.15) is 13.2 Å². The fourth-order valence-corrected chi connectivity index (χ4v) is 9.06. The molecule has 3 aromatic carbocycles. The molecule has 1 saturated heterocycles. The van der Waals surface area contributed by atoms with E-state index < -0.39 is 73.7 Å². The van der Waals surface area contributed by atoms with Crippen molar-refractivity contribution in [1.29, 1.82) is 0 Å². The lowest BCUT2D eigenvalue weighted by Gasteiger charge is -2.30. The Morgan fingerprint density at radius 1 is 0.957 bits per heavy atom. The molecule has 3 amide bonds. The number of aromatic nitrogens is 1. The number of para-hydroxylation sites is 1. The first kappa shape index (κ1) is 32.2. The highest BCUT2D eigenvalue weighted by Gasteiger charge is 2.57. The van der Waals surface area contributed by atoms with Crippen LogP contribution < -0.4 is 20.2 Å². The molecule has 17 heteroatoms. The zero-order chi connectivity index (χ0) is 33.1. The molecule has 10 nitrogen and oxygen atoms in total. The number of thioether (sulfide) groups is 1. The van der Waals surface area contributed by atoms with Crippen molar-refractivity contribution >= 4 is 78.1 Å². The van der Waals surface area contributed by atoms with Crippen LogP contribution in [-0.2, 0) is 37.1 Å². The molecule has 238 valence electrons. The average molecular weight is 754 g/mol. The van der Waals surface area contributed by atoms with Gasteiger partial charge in [-0.25, -0.2) is 18.5 Å². The van der Waals surface area contributed by atoms with E-state index >= 15 is 0 Å². The minimum atomic E-state index is -4.84. The number of rotatable bonds is 6. The minimum absolute atomic E-state index is 0.166. The van der Waals surface area contributed by atoms with E-state index in [0.29, 0.717) is 19.8 Å². The van der Waals surface area contributed by atoms with Gasteiger partial charge in [0.2, 0.25) is 27.7 Å². The van der Waals surface area contributed by atoms with E-state index in [0.717, 1.165) is 39.8 Å². The molecule has 0 saturated carbocycles. The first-order valence-corrected chi connectivity index (χ1v) is 17.3. The lowest BCUT2D eigenvalue weighted by molar-refractivity contribution is -0.137. The number of halogens is 4. The number of amides is 3. The lowest BCUT2D eigenvalue weighted by atomic mass is 9.83. The van der Waals surface area contributed by atoms with Crippen LogP contribution in [0.3, 0.4) is 0 Å².